The molecule has 2 rings (SSSR count). The van der Waals surface area contributed by atoms with E-state index in [4.69, 9.17) is 5.84 Å². The molecule has 1 unspecified atom stereocenters. The van der Waals surface area contributed by atoms with Crippen LogP contribution in [-0.2, 0) is 6.42 Å². The molecule has 0 amide bonds. The Morgan fingerprint density at radius 3 is 2.55 bits per heavy atom. The lowest BCUT2D eigenvalue weighted by atomic mass is 9.96. The molecule has 0 aromatic heterocycles. The van der Waals surface area contributed by atoms with Gasteiger partial charge in [0, 0.05) is 0 Å². The Bertz CT molecular complexity index is 581. The zero-order valence-electron chi connectivity index (χ0n) is 12.0. The quantitative estimate of drug-likeness (QED) is 0.644. The van der Waals surface area contributed by atoms with Gasteiger partial charge in [0.15, 0.2) is 0 Å². The fourth-order valence-electron chi connectivity index (χ4n) is 2.39. The first kappa shape index (κ1) is 14.7. The van der Waals surface area contributed by atoms with Crippen LogP contribution in [0.1, 0.15) is 41.6 Å². The van der Waals surface area contributed by atoms with E-state index in [0.29, 0.717) is 5.56 Å². The van der Waals surface area contributed by atoms with Crippen molar-refractivity contribution in [2.75, 3.05) is 0 Å². The lowest BCUT2D eigenvalue weighted by Crippen LogP contribution is -2.29. The van der Waals surface area contributed by atoms with Gasteiger partial charge < -0.3 is 0 Å². The van der Waals surface area contributed by atoms with Gasteiger partial charge in [0.05, 0.1) is 6.04 Å². The summed E-state index contributed by atoms with van der Waals surface area (Å²) in [6.45, 7) is 3.91. The number of halogens is 1. The number of hydrazine groups is 1. The van der Waals surface area contributed by atoms with E-state index in [-0.39, 0.29) is 11.9 Å². The summed E-state index contributed by atoms with van der Waals surface area (Å²) < 4.78 is 13.7. The van der Waals surface area contributed by atoms with Crippen LogP contribution in [0.3, 0.4) is 0 Å². The second kappa shape index (κ2) is 6.64. The van der Waals surface area contributed by atoms with E-state index in [9.17, 15) is 4.39 Å². The lowest BCUT2D eigenvalue weighted by Gasteiger charge is -2.18. The number of benzene rings is 2. The molecule has 0 heterocycles. The van der Waals surface area contributed by atoms with Crippen molar-refractivity contribution in [1.29, 1.82) is 0 Å². The number of hydrogen-bond acceptors (Lipinski definition) is 2. The van der Waals surface area contributed by atoms with Gasteiger partial charge in [-0.15, -0.1) is 0 Å². The molecule has 0 saturated carbocycles. The average Bonchev–Trinajstić information content (AvgIpc) is 2.44. The summed E-state index contributed by atoms with van der Waals surface area (Å²) in [5.41, 5.74) is 6.60. The summed E-state index contributed by atoms with van der Waals surface area (Å²) in [6.07, 6.45) is 2.14. The maximum atomic E-state index is 13.7. The number of nitrogens with one attached hydrogen (secondary N) is 1. The van der Waals surface area contributed by atoms with Crippen LogP contribution in [0, 0.1) is 12.7 Å². The predicted octanol–water partition coefficient (Wildman–Crippen LogP) is 3.64. The van der Waals surface area contributed by atoms with Crippen molar-refractivity contribution >= 4 is 0 Å². The zero-order chi connectivity index (χ0) is 14.5. The maximum Gasteiger partial charge on any atom is 0.126 e. The number of hydrogen-bond donors (Lipinski definition) is 2. The molecule has 106 valence electrons. The van der Waals surface area contributed by atoms with Gasteiger partial charge in [-0.2, -0.15) is 0 Å². The molecule has 0 bridgehead atoms. The van der Waals surface area contributed by atoms with E-state index < -0.39 is 0 Å². The van der Waals surface area contributed by atoms with Gasteiger partial charge in [0.25, 0.3) is 0 Å². The smallest absolute Gasteiger partial charge is 0.126 e. The molecule has 20 heavy (non-hydrogen) atoms. The van der Waals surface area contributed by atoms with Crippen molar-refractivity contribution in [3.8, 4) is 0 Å². The van der Waals surface area contributed by atoms with E-state index in [1.54, 1.807) is 19.1 Å². The second-order valence-electron chi connectivity index (χ2n) is 5.10. The van der Waals surface area contributed by atoms with Gasteiger partial charge >= 0.3 is 0 Å². The molecule has 0 aliphatic carbocycles. The number of rotatable bonds is 5. The van der Waals surface area contributed by atoms with Gasteiger partial charge in [0.2, 0.25) is 0 Å². The highest BCUT2D eigenvalue weighted by Crippen LogP contribution is 2.24. The molecular formula is C17H21FN2. The third-order valence-corrected chi connectivity index (χ3v) is 3.52. The highest BCUT2D eigenvalue weighted by atomic mass is 19.1. The lowest BCUT2D eigenvalue weighted by molar-refractivity contribution is 0.598. The Balaban J connectivity index is 2.36. The zero-order valence-corrected chi connectivity index (χ0v) is 12.0. The fraction of sp³-hybridized carbons (Fsp3) is 0.294. The Morgan fingerprint density at radius 1 is 1.15 bits per heavy atom. The Kier molecular flexibility index (Phi) is 4.88. The molecule has 0 aliphatic rings. The Morgan fingerprint density at radius 2 is 1.90 bits per heavy atom. The minimum absolute atomic E-state index is 0.193. The van der Waals surface area contributed by atoms with Crippen molar-refractivity contribution in [3.63, 3.8) is 0 Å². The summed E-state index contributed by atoms with van der Waals surface area (Å²) in [5, 5.41) is 0. The van der Waals surface area contributed by atoms with Crippen LogP contribution in [-0.4, -0.2) is 0 Å². The summed E-state index contributed by atoms with van der Waals surface area (Å²) in [7, 11) is 0. The third-order valence-electron chi connectivity index (χ3n) is 3.52. The van der Waals surface area contributed by atoms with Crippen LogP contribution in [0.2, 0.25) is 0 Å². The first-order valence-corrected chi connectivity index (χ1v) is 6.96. The largest absolute Gasteiger partial charge is 0.271 e. The van der Waals surface area contributed by atoms with Crippen LogP contribution >= 0.6 is 0 Å². The topological polar surface area (TPSA) is 38.0 Å². The van der Waals surface area contributed by atoms with E-state index in [0.717, 1.165) is 24.0 Å². The first-order chi connectivity index (χ1) is 9.65. The average molecular weight is 272 g/mol. The number of nitrogens with two attached hydrogens (primary N) is 1. The molecule has 0 spiro atoms. The maximum absolute atomic E-state index is 13.7. The van der Waals surface area contributed by atoms with Crippen molar-refractivity contribution in [1.82, 2.24) is 5.43 Å². The SMILES string of the molecule is CCCc1cccc(C(NN)c2ccc(C)c(F)c2)c1. The van der Waals surface area contributed by atoms with Gasteiger partial charge in [0.1, 0.15) is 5.82 Å². The normalized spacial score (nSPS) is 12.4. The monoisotopic (exact) mass is 272 g/mol. The standard InChI is InChI=1S/C17H21FN2/c1-3-5-13-6-4-7-14(10-13)17(20-19)15-9-8-12(2)16(18)11-15/h4,6-11,17,20H,3,5,19H2,1-2H3. The number of aryl methyl sites for hydroxylation is 2. The van der Waals surface area contributed by atoms with Crippen LogP contribution in [0.15, 0.2) is 42.5 Å². The van der Waals surface area contributed by atoms with Crippen molar-refractivity contribution in [2.45, 2.75) is 32.7 Å². The van der Waals surface area contributed by atoms with Crippen LogP contribution in [0.4, 0.5) is 4.39 Å². The molecule has 3 heteroatoms. The van der Waals surface area contributed by atoms with Crippen LogP contribution < -0.4 is 11.3 Å². The molecule has 2 aromatic rings. The van der Waals surface area contributed by atoms with E-state index in [2.05, 4.69) is 24.5 Å². The molecule has 2 aromatic carbocycles. The summed E-state index contributed by atoms with van der Waals surface area (Å²) in [6, 6.07) is 13.3. The van der Waals surface area contributed by atoms with Gasteiger partial charge in [-0.3, -0.25) is 5.84 Å². The van der Waals surface area contributed by atoms with E-state index >= 15 is 0 Å². The second-order valence-corrected chi connectivity index (χ2v) is 5.10. The van der Waals surface area contributed by atoms with Crippen LogP contribution in [0.25, 0.3) is 0 Å². The fourth-order valence-corrected chi connectivity index (χ4v) is 2.39. The summed E-state index contributed by atoms with van der Waals surface area (Å²) in [4.78, 5) is 0. The molecule has 3 N–H and O–H groups in total. The predicted molar refractivity (Wildman–Crippen MR) is 80.7 cm³/mol. The third kappa shape index (κ3) is 3.24. The van der Waals surface area contributed by atoms with Crippen LogP contribution in [0.5, 0.6) is 0 Å². The van der Waals surface area contributed by atoms with E-state index in [1.807, 2.05) is 18.2 Å². The van der Waals surface area contributed by atoms with Crippen molar-refractivity contribution in [3.05, 3.63) is 70.5 Å². The molecule has 2 nitrogen and oxygen atoms in total. The first-order valence-electron chi connectivity index (χ1n) is 6.96. The highest BCUT2D eigenvalue weighted by Gasteiger charge is 2.14. The van der Waals surface area contributed by atoms with E-state index in [1.165, 1.54) is 5.56 Å². The summed E-state index contributed by atoms with van der Waals surface area (Å²) >= 11 is 0. The molecule has 0 radical (unpaired) electrons. The molecule has 1 atom stereocenters. The molecule has 0 saturated heterocycles. The van der Waals surface area contributed by atoms with Gasteiger partial charge in [-0.05, 0) is 41.7 Å². The van der Waals surface area contributed by atoms with Crippen molar-refractivity contribution in [2.24, 2.45) is 5.84 Å². The van der Waals surface area contributed by atoms with Gasteiger partial charge in [-0.25, -0.2) is 9.82 Å². The molecular weight excluding hydrogens is 251 g/mol. The van der Waals surface area contributed by atoms with Gasteiger partial charge in [-0.1, -0.05) is 49.7 Å². The van der Waals surface area contributed by atoms with Crippen molar-refractivity contribution < 1.29 is 4.39 Å². The summed E-state index contributed by atoms with van der Waals surface area (Å²) in [5.74, 6) is 5.48. The minimum Gasteiger partial charge on any atom is -0.271 e. The Hall–Kier alpha value is -1.71. The highest BCUT2D eigenvalue weighted by molar-refractivity contribution is 5.35. The molecule has 0 fully saturated rings. The molecule has 0 aliphatic heterocycles. The Labute approximate surface area is 119 Å². The minimum atomic E-state index is -0.201.